The Morgan fingerprint density at radius 2 is 2.19 bits per heavy atom. The van der Waals surface area contributed by atoms with Gasteiger partial charge in [0.1, 0.15) is 5.75 Å². The van der Waals surface area contributed by atoms with Crippen molar-refractivity contribution in [1.82, 2.24) is 10.3 Å². The van der Waals surface area contributed by atoms with Crippen LogP contribution in [-0.4, -0.2) is 18.6 Å². The molecule has 0 aliphatic carbocycles. The molecule has 0 fully saturated rings. The van der Waals surface area contributed by atoms with Crippen molar-refractivity contribution >= 4 is 0 Å². The van der Waals surface area contributed by atoms with Crippen LogP contribution in [0.15, 0.2) is 18.3 Å². The molecule has 1 rings (SSSR count). The van der Waals surface area contributed by atoms with E-state index in [9.17, 15) is 0 Å². The number of nitrogens with one attached hydrogen (secondary N) is 1. The zero-order valence-corrected chi connectivity index (χ0v) is 10.6. The summed E-state index contributed by atoms with van der Waals surface area (Å²) in [5.41, 5.74) is 4.33. The van der Waals surface area contributed by atoms with Crippen LogP contribution >= 0.6 is 0 Å². The van der Waals surface area contributed by atoms with Crippen molar-refractivity contribution in [3.63, 3.8) is 0 Å². The second-order valence-electron chi connectivity index (χ2n) is 4.11. The van der Waals surface area contributed by atoms with Crippen LogP contribution in [0.5, 0.6) is 5.75 Å². The molecule has 0 bridgehead atoms. The quantitative estimate of drug-likeness (QED) is 0.774. The summed E-state index contributed by atoms with van der Waals surface area (Å²) in [4.78, 5) is 4.41. The maximum Gasteiger partial charge on any atom is 0.128 e. The van der Waals surface area contributed by atoms with Gasteiger partial charge in [0.15, 0.2) is 0 Å². The van der Waals surface area contributed by atoms with Gasteiger partial charge in [-0.25, -0.2) is 0 Å². The van der Waals surface area contributed by atoms with Gasteiger partial charge in [0.2, 0.25) is 0 Å². The Balaban J connectivity index is 2.77. The number of aryl methyl sites for hydroxylation is 1. The summed E-state index contributed by atoms with van der Waals surface area (Å²) in [5.74, 6) is 0.933. The number of pyridine rings is 1. The zero-order chi connectivity index (χ0) is 12.1. The molecule has 0 aromatic carbocycles. The number of ether oxygens (including phenoxy) is 1. The minimum Gasteiger partial charge on any atom is -0.496 e. The van der Waals surface area contributed by atoms with Gasteiger partial charge in [-0.3, -0.25) is 4.98 Å². The van der Waals surface area contributed by atoms with Crippen LogP contribution in [0.2, 0.25) is 0 Å². The van der Waals surface area contributed by atoms with Gasteiger partial charge in [-0.05, 0) is 20.8 Å². The highest BCUT2D eigenvalue weighted by molar-refractivity contribution is 5.40. The van der Waals surface area contributed by atoms with E-state index in [2.05, 4.69) is 16.9 Å². The first-order valence-corrected chi connectivity index (χ1v) is 5.40. The first kappa shape index (κ1) is 12.7. The average molecular weight is 220 g/mol. The topological polar surface area (TPSA) is 34.2 Å². The Labute approximate surface area is 97.5 Å². The highest BCUT2D eigenvalue weighted by atomic mass is 16.5. The number of rotatable bonds is 5. The molecule has 1 N–H and O–H groups in total. The van der Waals surface area contributed by atoms with Gasteiger partial charge in [0, 0.05) is 30.4 Å². The summed E-state index contributed by atoms with van der Waals surface area (Å²) < 4.78 is 5.36. The van der Waals surface area contributed by atoms with Crippen molar-refractivity contribution < 1.29 is 4.74 Å². The number of hydrogen-bond donors (Lipinski definition) is 1. The fourth-order valence-corrected chi connectivity index (χ4v) is 1.64. The van der Waals surface area contributed by atoms with Crippen LogP contribution in [-0.2, 0) is 6.54 Å². The molecule has 1 aromatic heterocycles. The Bertz CT molecular complexity index is 386. The number of nitrogens with zero attached hydrogens (tertiary/aromatic N) is 1. The molecule has 3 heteroatoms. The Hall–Kier alpha value is -1.35. The van der Waals surface area contributed by atoms with Crippen LogP contribution < -0.4 is 10.1 Å². The van der Waals surface area contributed by atoms with E-state index in [0.29, 0.717) is 0 Å². The van der Waals surface area contributed by atoms with Gasteiger partial charge >= 0.3 is 0 Å². The standard InChI is InChI=1S/C13H20N2O/c1-9(2)6-14-8-12-11(4)13(16-5)10(3)7-15-12/h7,14H,1,6,8H2,2-5H3. The van der Waals surface area contributed by atoms with E-state index in [1.54, 1.807) is 7.11 Å². The first-order chi connectivity index (χ1) is 7.56. The van der Waals surface area contributed by atoms with Crippen molar-refractivity contribution in [2.75, 3.05) is 13.7 Å². The van der Waals surface area contributed by atoms with E-state index in [0.717, 1.165) is 41.2 Å². The molecule has 0 radical (unpaired) electrons. The van der Waals surface area contributed by atoms with Crippen LogP contribution in [0.25, 0.3) is 0 Å². The van der Waals surface area contributed by atoms with Gasteiger partial charge in [0.25, 0.3) is 0 Å². The molecular weight excluding hydrogens is 200 g/mol. The summed E-state index contributed by atoms with van der Waals surface area (Å²) in [5, 5.41) is 3.30. The second kappa shape index (κ2) is 5.66. The maximum atomic E-state index is 5.36. The summed E-state index contributed by atoms with van der Waals surface area (Å²) in [6.45, 7) is 11.5. The Morgan fingerprint density at radius 3 is 2.75 bits per heavy atom. The highest BCUT2D eigenvalue weighted by Gasteiger charge is 2.08. The van der Waals surface area contributed by atoms with Gasteiger partial charge in [0.05, 0.1) is 12.8 Å². The van der Waals surface area contributed by atoms with Crippen LogP contribution in [0.3, 0.4) is 0 Å². The van der Waals surface area contributed by atoms with E-state index >= 15 is 0 Å². The van der Waals surface area contributed by atoms with Crippen molar-refractivity contribution in [2.24, 2.45) is 0 Å². The molecule has 0 saturated carbocycles. The lowest BCUT2D eigenvalue weighted by Crippen LogP contribution is -2.17. The first-order valence-electron chi connectivity index (χ1n) is 5.40. The van der Waals surface area contributed by atoms with Gasteiger partial charge < -0.3 is 10.1 Å². The molecule has 0 aliphatic rings. The van der Waals surface area contributed by atoms with Crippen molar-refractivity contribution in [2.45, 2.75) is 27.3 Å². The molecule has 0 unspecified atom stereocenters. The molecule has 0 aliphatic heterocycles. The zero-order valence-electron chi connectivity index (χ0n) is 10.6. The number of hydrogen-bond acceptors (Lipinski definition) is 3. The lowest BCUT2D eigenvalue weighted by atomic mass is 10.1. The van der Waals surface area contributed by atoms with E-state index in [1.807, 2.05) is 27.0 Å². The van der Waals surface area contributed by atoms with Crippen molar-refractivity contribution in [1.29, 1.82) is 0 Å². The van der Waals surface area contributed by atoms with Gasteiger partial charge in [-0.1, -0.05) is 12.2 Å². The molecule has 1 aromatic rings. The van der Waals surface area contributed by atoms with E-state index in [1.165, 1.54) is 0 Å². The third kappa shape index (κ3) is 3.07. The fourth-order valence-electron chi connectivity index (χ4n) is 1.64. The van der Waals surface area contributed by atoms with Gasteiger partial charge in [-0.2, -0.15) is 0 Å². The lowest BCUT2D eigenvalue weighted by Gasteiger charge is -2.12. The fraction of sp³-hybridized carbons (Fsp3) is 0.462. The predicted molar refractivity (Wildman–Crippen MR) is 66.8 cm³/mol. The molecular formula is C13H20N2O. The van der Waals surface area contributed by atoms with E-state index < -0.39 is 0 Å². The van der Waals surface area contributed by atoms with Crippen LogP contribution in [0, 0.1) is 13.8 Å². The summed E-state index contributed by atoms with van der Waals surface area (Å²) in [7, 11) is 1.69. The molecule has 3 nitrogen and oxygen atoms in total. The molecule has 0 spiro atoms. The maximum absolute atomic E-state index is 5.36. The van der Waals surface area contributed by atoms with Crippen molar-refractivity contribution in [3.05, 3.63) is 35.2 Å². The van der Waals surface area contributed by atoms with E-state index in [4.69, 9.17) is 4.74 Å². The lowest BCUT2D eigenvalue weighted by molar-refractivity contribution is 0.406. The minimum atomic E-state index is 0.745. The number of methoxy groups -OCH3 is 1. The molecule has 0 saturated heterocycles. The predicted octanol–water partition coefficient (Wildman–Crippen LogP) is 2.37. The molecule has 88 valence electrons. The minimum absolute atomic E-state index is 0.745. The molecule has 0 atom stereocenters. The normalized spacial score (nSPS) is 10.2. The number of aromatic nitrogens is 1. The Morgan fingerprint density at radius 1 is 1.50 bits per heavy atom. The monoisotopic (exact) mass is 220 g/mol. The van der Waals surface area contributed by atoms with Crippen molar-refractivity contribution in [3.8, 4) is 5.75 Å². The van der Waals surface area contributed by atoms with Crippen LogP contribution in [0.1, 0.15) is 23.7 Å². The second-order valence-corrected chi connectivity index (χ2v) is 4.11. The highest BCUT2D eigenvalue weighted by Crippen LogP contribution is 2.23. The average Bonchev–Trinajstić information content (AvgIpc) is 2.22. The van der Waals surface area contributed by atoms with Gasteiger partial charge in [-0.15, -0.1) is 0 Å². The SMILES string of the molecule is C=C(C)CNCc1ncc(C)c(OC)c1C. The summed E-state index contributed by atoms with van der Waals surface area (Å²) >= 11 is 0. The summed E-state index contributed by atoms with van der Waals surface area (Å²) in [6, 6.07) is 0. The third-order valence-corrected chi connectivity index (χ3v) is 2.47. The third-order valence-electron chi connectivity index (χ3n) is 2.47. The van der Waals surface area contributed by atoms with E-state index in [-0.39, 0.29) is 0 Å². The molecule has 1 heterocycles. The largest absolute Gasteiger partial charge is 0.496 e. The summed E-state index contributed by atoms with van der Waals surface area (Å²) in [6.07, 6.45) is 1.85. The Kier molecular flexibility index (Phi) is 4.50. The molecule has 16 heavy (non-hydrogen) atoms. The molecule has 0 amide bonds. The smallest absolute Gasteiger partial charge is 0.128 e. The van der Waals surface area contributed by atoms with Crippen LogP contribution in [0.4, 0.5) is 0 Å².